The van der Waals surface area contributed by atoms with Crippen molar-refractivity contribution in [1.29, 1.82) is 0 Å². The quantitative estimate of drug-likeness (QED) is 0.368. The van der Waals surface area contributed by atoms with E-state index >= 15 is 0 Å². The van der Waals surface area contributed by atoms with E-state index in [1.165, 1.54) is 27.3 Å². The van der Waals surface area contributed by atoms with Crippen LogP contribution in [0.15, 0.2) is 103 Å². The molecule has 0 aliphatic heterocycles. The summed E-state index contributed by atoms with van der Waals surface area (Å²) in [6.07, 6.45) is 6.63. The number of allylic oxidation sites excluding steroid dienone is 2. The summed E-state index contributed by atoms with van der Waals surface area (Å²) in [5.41, 5.74) is 3.63. The Balaban J connectivity index is 1.42. The maximum Gasteiger partial charge on any atom is 0.150 e. The molecule has 0 saturated heterocycles. The minimum atomic E-state index is -0.924. The standard InChI is InChI=1S/C28H24NOP/c1-3-11-23(12-4-1)31(24-13-5-2-6-14-24)30-26-16-9-18-28(26)19-17-22-20-21-10-7-8-15-25(21)29-27(22)28/h1-8,10-16,20H,9,17-19H2/t28-/m1/s1. The molecule has 31 heavy (non-hydrogen) atoms. The van der Waals surface area contributed by atoms with Gasteiger partial charge in [-0.05, 0) is 49.5 Å². The fourth-order valence-electron chi connectivity index (χ4n) is 5.09. The van der Waals surface area contributed by atoms with Crippen molar-refractivity contribution in [2.24, 2.45) is 0 Å². The highest BCUT2D eigenvalue weighted by Gasteiger charge is 2.47. The number of fused-ring (bicyclic) bond motifs is 3. The minimum absolute atomic E-state index is 0.0799. The van der Waals surface area contributed by atoms with Gasteiger partial charge in [0.25, 0.3) is 0 Å². The summed E-state index contributed by atoms with van der Waals surface area (Å²) in [7, 11) is -0.924. The molecule has 3 aromatic carbocycles. The normalized spacial score (nSPS) is 19.7. The summed E-state index contributed by atoms with van der Waals surface area (Å²) in [5, 5.41) is 3.73. The fourth-order valence-corrected chi connectivity index (χ4v) is 6.93. The first-order valence-electron chi connectivity index (χ1n) is 11.0. The molecule has 2 aliphatic carbocycles. The van der Waals surface area contributed by atoms with Gasteiger partial charge in [-0.3, -0.25) is 4.98 Å². The van der Waals surface area contributed by atoms with Gasteiger partial charge in [-0.15, -0.1) is 0 Å². The highest BCUT2D eigenvalue weighted by Crippen LogP contribution is 2.54. The molecule has 0 fully saturated rings. The maximum atomic E-state index is 6.98. The van der Waals surface area contributed by atoms with Crippen molar-refractivity contribution in [3.05, 3.63) is 114 Å². The summed E-state index contributed by atoms with van der Waals surface area (Å²) < 4.78 is 6.98. The number of aromatic nitrogens is 1. The van der Waals surface area contributed by atoms with E-state index in [9.17, 15) is 0 Å². The second-order valence-corrected chi connectivity index (χ2v) is 10.2. The van der Waals surface area contributed by atoms with Crippen molar-refractivity contribution in [3.63, 3.8) is 0 Å². The van der Waals surface area contributed by atoms with E-state index in [-0.39, 0.29) is 5.41 Å². The fraction of sp³-hybridized carbons (Fsp3) is 0.179. The van der Waals surface area contributed by atoms with E-state index in [2.05, 4.69) is 97.1 Å². The zero-order valence-corrected chi connectivity index (χ0v) is 18.3. The molecule has 6 rings (SSSR count). The van der Waals surface area contributed by atoms with Crippen molar-refractivity contribution in [2.45, 2.75) is 31.1 Å². The average Bonchev–Trinajstić information content (AvgIpc) is 3.41. The summed E-state index contributed by atoms with van der Waals surface area (Å²) >= 11 is 0. The largest absolute Gasteiger partial charge is 0.468 e. The topological polar surface area (TPSA) is 22.1 Å². The van der Waals surface area contributed by atoms with Crippen molar-refractivity contribution in [3.8, 4) is 0 Å². The lowest BCUT2D eigenvalue weighted by molar-refractivity contribution is 0.337. The van der Waals surface area contributed by atoms with Gasteiger partial charge in [-0.2, -0.15) is 0 Å². The first kappa shape index (κ1) is 18.8. The lowest BCUT2D eigenvalue weighted by Gasteiger charge is -2.31. The lowest BCUT2D eigenvalue weighted by atomic mass is 9.83. The number of hydrogen-bond acceptors (Lipinski definition) is 2. The van der Waals surface area contributed by atoms with Crippen molar-refractivity contribution < 1.29 is 4.52 Å². The number of benzene rings is 3. The molecule has 0 unspecified atom stereocenters. The first-order chi connectivity index (χ1) is 15.3. The van der Waals surface area contributed by atoms with Crippen LogP contribution in [0, 0.1) is 0 Å². The molecule has 2 aliphatic rings. The summed E-state index contributed by atoms with van der Waals surface area (Å²) in [5.74, 6) is 1.13. The molecular formula is C28H24NOP. The molecule has 0 amide bonds. The third kappa shape index (κ3) is 3.18. The Morgan fingerprint density at radius 2 is 1.45 bits per heavy atom. The van der Waals surface area contributed by atoms with Gasteiger partial charge in [-0.1, -0.05) is 78.9 Å². The van der Waals surface area contributed by atoms with Gasteiger partial charge >= 0.3 is 0 Å². The lowest BCUT2D eigenvalue weighted by Crippen LogP contribution is -2.26. The van der Waals surface area contributed by atoms with Crippen LogP contribution in [0.2, 0.25) is 0 Å². The van der Waals surface area contributed by atoms with Gasteiger partial charge in [-0.25, -0.2) is 0 Å². The number of nitrogens with zero attached hydrogens (tertiary/aromatic N) is 1. The van der Waals surface area contributed by atoms with Crippen molar-refractivity contribution in [1.82, 2.24) is 4.98 Å². The highest BCUT2D eigenvalue weighted by atomic mass is 31.1. The highest BCUT2D eigenvalue weighted by molar-refractivity contribution is 7.68. The van der Waals surface area contributed by atoms with Crippen LogP contribution < -0.4 is 10.6 Å². The molecule has 0 N–H and O–H groups in total. The van der Waals surface area contributed by atoms with Crippen LogP contribution in [0.4, 0.5) is 0 Å². The predicted octanol–water partition coefficient (Wildman–Crippen LogP) is 6.16. The zero-order valence-electron chi connectivity index (χ0n) is 17.4. The molecular weight excluding hydrogens is 397 g/mol. The smallest absolute Gasteiger partial charge is 0.150 e. The monoisotopic (exact) mass is 421 g/mol. The van der Waals surface area contributed by atoms with E-state index < -0.39 is 8.15 Å². The van der Waals surface area contributed by atoms with E-state index in [0.717, 1.165) is 37.0 Å². The van der Waals surface area contributed by atoms with E-state index in [1.54, 1.807) is 0 Å². The van der Waals surface area contributed by atoms with Gasteiger partial charge in [0.1, 0.15) is 13.9 Å². The second kappa shape index (κ2) is 7.62. The van der Waals surface area contributed by atoms with Crippen molar-refractivity contribution >= 4 is 29.7 Å². The van der Waals surface area contributed by atoms with Crippen LogP contribution in [-0.4, -0.2) is 4.98 Å². The number of pyridine rings is 1. The number of para-hydroxylation sites is 1. The Kier molecular flexibility index (Phi) is 4.62. The Labute approximate surface area is 184 Å². The Bertz CT molecular complexity index is 1230. The molecule has 4 aromatic rings. The maximum absolute atomic E-state index is 6.98. The van der Waals surface area contributed by atoms with E-state index in [4.69, 9.17) is 9.51 Å². The average molecular weight is 421 g/mol. The Morgan fingerprint density at radius 1 is 0.774 bits per heavy atom. The van der Waals surface area contributed by atoms with Crippen LogP contribution in [0.25, 0.3) is 10.9 Å². The second-order valence-electron chi connectivity index (χ2n) is 8.43. The third-order valence-electron chi connectivity index (χ3n) is 6.62. The molecule has 0 bridgehead atoms. The molecule has 2 nitrogen and oxygen atoms in total. The van der Waals surface area contributed by atoms with Crippen molar-refractivity contribution in [2.75, 3.05) is 0 Å². The Hall–Kier alpha value is -2.96. The SMILES string of the molecule is C1=C(OP(c2ccccc2)c2ccccc2)[C@@]2(CC1)CCc1cc3ccccc3nc12. The minimum Gasteiger partial charge on any atom is -0.468 e. The molecule has 1 aromatic heterocycles. The Morgan fingerprint density at radius 3 is 2.19 bits per heavy atom. The van der Waals surface area contributed by atoms with Gasteiger partial charge < -0.3 is 4.52 Å². The van der Waals surface area contributed by atoms with E-state index in [1.807, 2.05) is 0 Å². The van der Waals surface area contributed by atoms with Crippen LogP contribution >= 0.6 is 8.15 Å². The van der Waals surface area contributed by atoms with Gasteiger partial charge in [0.2, 0.25) is 0 Å². The van der Waals surface area contributed by atoms with Crippen LogP contribution in [-0.2, 0) is 16.4 Å². The molecule has 1 spiro atoms. The third-order valence-corrected chi connectivity index (χ3v) is 8.53. The van der Waals surface area contributed by atoms with Gasteiger partial charge in [0, 0.05) is 16.0 Å². The van der Waals surface area contributed by atoms with Crippen LogP contribution in [0.3, 0.4) is 0 Å². The van der Waals surface area contributed by atoms with Gasteiger partial charge in [0.05, 0.1) is 16.6 Å². The summed E-state index contributed by atoms with van der Waals surface area (Å²) in [4.78, 5) is 5.18. The molecule has 3 heteroatoms. The van der Waals surface area contributed by atoms with Gasteiger partial charge in [0.15, 0.2) is 0 Å². The van der Waals surface area contributed by atoms with Crippen LogP contribution in [0.1, 0.15) is 30.5 Å². The zero-order chi connectivity index (χ0) is 20.7. The molecule has 0 saturated carbocycles. The number of rotatable bonds is 4. The summed E-state index contributed by atoms with van der Waals surface area (Å²) in [6, 6.07) is 32.1. The summed E-state index contributed by atoms with van der Waals surface area (Å²) in [6.45, 7) is 0. The molecule has 0 radical (unpaired) electrons. The molecule has 1 atom stereocenters. The molecule has 152 valence electrons. The van der Waals surface area contributed by atoms with E-state index in [0.29, 0.717) is 0 Å². The molecule has 1 heterocycles. The number of aryl methyl sites for hydroxylation is 1. The first-order valence-corrected chi connectivity index (χ1v) is 12.3. The predicted molar refractivity (Wildman–Crippen MR) is 129 cm³/mol. The van der Waals surface area contributed by atoms with Crippen LogP contribution in [0.5, 0.6) is 0 Å². The number of hydrogen-bond donors (Lipinski definition) is 0.